The zero-order valence-corrected chi connectivity index (χ0v) is 18.1. The zero-order chi connectivity index (χ0) is 22.0. The summed E-state index contributed by atoms with van der Waals surface area (Å²) in [5, 5.41) is 32.7. The fraction of sp³-hybridized carbons (Fsp3) is 0.944. The Morgan fingerprint density at radius 3 is 1.82 bits per heavy atom. The molecule has 0 aromatic carbocycles. The third-order valence-corrected chi connectivity index (χ3v) is 6.95. The predicted octanol–water partition coefficient (Wildman–Crippen LogP) is -0.173. The van der Waals surface area contributed by atoms with Crippen LogP contribution in [0.1, 0.15) is 52.4 Å². The molecule has 28 heavy (non-hydrogen) atoms. The highest BCUT2D eigenvalue weighted by molar-refractivity contribution is 7.93. The van der Waals surface area contributed by atoms with Gasteiger partial charge in [0.15, 0.2) is 15.1 Å². The summed E-state index contributed by atoms with van der Waals surface area (Å²) in [6, 6.07) is 0. The number of sulfone groups is 1. The monoisotopic (exact) mass is 428 g/mol. The maximum absolute atomic E-state index is 12.2. The summed E-state index contributed by atoms with van der Waals surface area (Å²) in [4.78, 5) is 12.9. The Hall–Kier alpha value is -0.780. The van der Waals surface area contributed by atoms with Crippen LogP contribution in [0, 0.1) is 0 Å². The molecule has 0 saturated heterocycles. The van der Waals surface area contributed by atoms with E-state index in [9.17, 15) is 13.2 Å². The summed E-state index contributed by atoms with van der Waals surface area (Å²) >= 11 is 0. The molecular weight excluding hydrogens is 388 g/mol. The van der Waals surface area contributed by atoms with Gasteiger partial charge in [-0.2, -0.15) is 0 Å². The van der Waals surface area contributed by atoms with Crippen LogP contribution in [-0.4, -0.2) is 96.2 Å². The van der Waals surface area contributed by atoms with Crippen LogP contribution in [0.4, 0.5) is 0 Å². The maximum atomic E-state index is 12.2. The molecule has 2 atom stereocenters. The number of aliphatic carboxylic acids is 1. The van der Waals surface area contributed by atoms with Gasteiger partial charge >= 0.3 is 5.97 Å². The number of nitrogens with two attached hydrogens (primary N) is 1. The second kappa shape index (κ2) is 18.3. The van der Waals surface area contributed by atoms with Crippen molar-refractivity contribution in [2.75, 3.05) is 46.0 Å². The van der Waals surface area contributed by atoms with Crippen molar-refractivity contribution in [2.45, 2.75) is 62.9 Å². The van der Waals surface area contributed by atoms with Crippen LogP contribution >= 0.6 is 0 Å². The van der Waals surface area contributed by atoms with E-state index in [0.29, 0.717) is 45.4 Å². The van der Waals surface area contributed by atoms with E-state index in [1.807, 2.05) is 6.92 Å². The van der Waals surface area contributed by atoms with Crippen molar-refractivity contribution in [1.82, 2.24) is 4.90 Å². The van der Waals surface area contributed by atoms with Gasteiger partial charge in [0.25, 0.3) is 0 Å². The highest BCUT2D eigenvalue weighted by Crippen LogP contribution is 2.19. The fourth-order valence-corrected chi connectivity index (χ4v) is 4.43. The molecule has 0 aromatic heterocycles. The van der Waals surface area contributed by atoms with E-state index in [-0.39, 0.29) is 26.2 Å². The van der Waals surface area contributed by atoms with Crippen molar-refractivity contribution in [3.63, 3.8) is 0 Å². The molecule has 0 heterocycles. The van der Waals surface area contributed by atoms with E-state index in [4.69, 9.17) is 26.2 Å². The lowest BCUT2D eigenvalue weighted by Gasteiger charge is -2.18. The molecule has 170 valence electrons. The Bertz CT molecular complexity index is 460. The summed E-state index contributed by atoms with van der Waals surface area (Å²) < 4.78 is 24.3. The highest BCUT2D eigenvalue weighted by Gasteiger charge is 2.35. The summed E-state index contributed by atoms with van der Waals surface area (Å²) in [7, 11) is -3.59. The summed E-state index contributed by atoms with van der Waals surface area (Å²) in [5.74, 6) is -1.24. The number of nitrogens with zero attached hydrogens (tertiary/aromatic N) is 1. The molecule has 0 aliphatic carbocycles. The zero-order valence-electron chi connectivity index (χ0n) is 17.3. The van der Waals surface area contributed by atoms with Crippen LogP contribution in [0.25, 0.3) is 0 Å². The molecule has 9 nitrogen and oxygen atoms in total. The minimum absolute atomic E-state index is 0.0694. The molecule has 0 saturated carbocycles. The van der Waals surface area contributed by atoms with E-state index in [2.05, 4.69) is 0 Å². The molecule has 0 aromatic rings. The number of hydrogen-bond acceptors (Lipinski definition) is 8. The smallest absolute Gasteiger partial charge is 0.321 e. The van der Waals surface area contributed by atoms with Gasteiger partial charge in [-0.25, -0.2) is 8.42 Å². The molecule has 0 amide bonds. The molecule has 6 N–H and O–H groups in total. The number of carboxylic acid groups (broad SMARTS) is 1. The van der Waals surface area contributed by atoms with E-state index in [1.54, 1.807) is 11.8 Å². The highest BCUT2D eigenvalue weighted by atomic mass is 32.2. The van der Waals surface area contributed by atoms with Crippen LogP contribution < -0.4 is 5.73 Å². The normalized spacial score (nSPS) is 13.7. The van der Waals surface area contributed by atoms with Crippen LogP contribution in [0.5, 0.6) is 0 Å². The standard InChI is InChI=1S/C12H25NO4S.C6H15NO3/c1-3-4-7-10(2)18(16,17)11(12(14)15)8-5-6-9-13;8-4-1-7(2-5-9)3-6-10/h10-11H,3-9,13H2,1-2H3,(H,14,15);8-10H,1-6H2. The lowest BCUT2D eigenvalue weighted by molar-refractivity contribution is -0.136. The van der Waals surface area contributed by atoms with Crippen molar-refractivity contribution in [1.29, 1.82) is 0 Å². The largest absolute Gasteiger partial charge is 0.480 e. The van der Waals surface area contributed by atoms with Crippen molar-refractivity contribution in [2.24, 2.45) is 5.73 Å². The third-order valence-electron chi connectivity index (χ3n) is 4.37. The summed E-state index contributed by atoms with van der Waals surface area (Å²) in [6.45, 7) is 5.79. The summed E-state index contributed by atoms with van der Waals surface area (Å²) in [6.07, 6.45) is 3.58. The van der Waals surface area contributed by atoms with E-state index < -0.39 is 26.3 Å². The first-order valence-electron chi connectivity index (χ1n) is 9.93. The fourth-order valence-electron chi connectivity index (χ4n) is 2.60. The van der Waals surface area contributed by atoms with Crippen molar-refractivity contribution < 1.29 is 33.6 Å². The Kier molecular flexibility index (Phi) is 19.2. The molecule has 0 aliphatic heterocycles. The SMILES string of the molecule is CCCCC(C)S(=O)(=O)C(CCCCN)C(=O)O.OCCN(CCO)CCO. The van der Waals surface area contributed by atoms with E-state index in [0.717, 1.165) is 12.8 Å². The van der Waals surface area contributed by atoms with Crippen LogP contribution in [0.3, 0.4) is 0 Å². The summed E-state index contributed by atoms with van der Waals surface area (Å²) in [5.41, 5.74) is 5.33. The molecule has 0 bridgehead atoms. The number of carboxylic acids is 1. The van der Waals surface area contributed by atoms with Gasteiger partial charge < -0.3 is 26.2 Å². The van der Waals surface area contributed by atoms with Gasteiger partial charge in [0.1, 0.15) is 0 Å². The number of unbranched alkanes of at least 4 members (excludes halogenated alkanes) is 2. The molecule has 0 radical (unpaired) electrons. The van der Waals surface area contributed by atoms with Crippen LogP contribution in [0.2, 0.25) is 0 Å². The lowest BCUT2D eigenvalue weighted by atomic mass is 10.2. The van der Waals surface area contributed by atoms with Crippen molar-refractivity contribution in [3.8, 4) is 0 Å². The molecular formula is C18H40N2O7S. The second-order valence-electron chi connectivity index (χ2n) is 6.67. The van der Waals surface area contributed by atoms with Crippen LogP contribution in [-0.2, 0) is 14.6 Å². The van der Waals surface area contributed by atoms with Crippen molar-refractivity contribution in [3.05, 3.63) is 0 Å². The van der Waals surface area contributed by atoms with E-state index in [1.165, 1.54) is 0 Å². The van der Waals surface area contributed by atoms with Gasteiger partial charge in [-0.05, 0) is 32.7 Å². The Morgan fingerprint density at radius 2 is 1.46 bits per heavy atom. The number of carbonyl (C=O) groups is 1. The molecule has 0 fully saturated rings. The number of hydrogen-bond donors (Lipinski definition) is 5. The van der Waals surface area contributed by atoms with E-state index >= 15 is 0 Å². The minimum atomic E-state index is -3.59. The maximum Gasteiger partial charge on any atom is 0.321 e. The predicted molar refractivity (Wildman–Crippen MR) is 110 cm³/mol. The average molecular weight is 429 g/mol. The quantitative estimate of drug-likeness (QED) is 0.210. The average Bonchev–Trinajstić information content (AvgIpc) is 2.64. The Labute approximate surface area is 169 Å². The van der Waals surface area contributed by atoms with Gasteiger partial charge in [-0.1, -0.05) is 26.2 Å². The first-order chi connectivity index (χ1) is 13.2. The molecule has 2 unspecified atom stereocenters. The Morgan fingerprint density at radius 1 is 0.964 bits per heavy atom. The van der Waals surface area contributed by atoms with Gasteiger partial charge in [0, 0.05) is 19.6 Å². The first kappa shape index (κ1) is 29.4. The molecule has 0 spiro atoms. The van der Waals surface area contributed by atoms with Gasteiger partial charge in [-0.15, -0.1) is 0 Å². The molecule has 10 heteroatoms. The lowest BCUT2D eigenvalue weighted by Crippen LogP contribution is -2.36. The number of aliphatic hydroxyl groups is 3. The van der Waals surface area contributed by atoms with Crippen molar-refractivity contribution >= 4 is 15.8 Å². The van der Waals surface area contributed by atoms with Gasteiger partial charge in [-0.3, -0.25) is 9.69 Å². The number of rotatable bonds is 16. The Balaban J connectivity index is 0. The third kappa shape index (κ3) is 13.4. The molecule has 0 rings (SSSR count). The second-order valence-corrected chi connectivity index (χ2v) is 9.22. The first-order valence-corrected chi connectivity index (χ1v) is 11.5. The van der Waals surface area contributed by atoms with Gasteiger partial charge in [0.05, 0.1) is 25.1 Å². The molecule has 0 aliphatic rings. The van der Waals surface area contributed by atoms with Gasteiger partial charge in [0.2, 0.25) is 0 Å². The minimum Gasteiger partial charge on any atom is -0.480 e. The van der Waals surface area contributed by atoms with Crippen LogP contribution in [0.15, 0.2) is 0 Å². The number of aliphatic hydroxyl groups excluding tert-OH is 3. The topological polar surface area (TPSA) is 161 Å².